The van der Waals surface area contributed by atoms with E-state index < -0.39 is 0 Å². The van der Waals surface area contributed by atoms with Gasteiger partial charge in [0.15, 0.2) is 5.78 Å². The lowest BCUT2D eigenvalue weighted by Gasteiger charge is -2.11. The number of para-hydroxylation sites is 1. The molecule has 136 valence electrons. The summed E-state index contributed by atoms with van der Waals surface area (Å²) in [7, 11) is 1.64. The van der Waals surface area contributed by atoms with Crippen LogP contribution in [0.2, 0.25) is 0 Å². The van der Waals surface area contributed by atoms with Gasteiger partial charge in [-0.2, -0.15) is 0 Å². The predicted octanol–water partition coefficient (Wildman–Crippen LogP) is 5.48. The van der Waals surface area contributed by atoms with Gasteiger partial charge in [-0.25, -0.2) is 0 Å². The molecular weight excluding hydrogens is 336 g/mol. The van der Waals surface area contributed by atoms with Crippen molar-refractivity contribution in [3.05, 3.63) is 101 Å². The van der Waals surface area contributed by atoms with E-state index in [1.807, 2.05) is 85.8 Å². The number of ketones is 1. The van der Waals surface area contributed by atoms with E-state index in [1.54, 1.807) is 13.2 Å². The van der Waals surface area contributed by atoms with E-state index in [-0.39, 0.29) is 5.78 Å². The van der Waals surface area contributed by atoms with Crippen LogP contribution in [-0.2, 0) is 6.61 Å². The molecule has 0 amide bonds. The zero-order valence-corrected chi connectivity index (χ0v) is 15.5. The topological polar surface area (TPSA) is 35.5 Å². The minimum atomic E-state index is -0.0205. The van der Waals surface area contributed by atoms with Crippen LogP contribution in [0.1, 0.15) is 27.0 Å². The molecule has 0 radical (unpaired) electrons. The average Bonchev–Trinajstić information content (AvgIpc) is 2.71. The lowest BCUT2D eigenvalue weighted by Crippen LogP contribution is -1.99. The average molecular weight is 358 g/mol. The van der Waals surface area contributed by atoms with Crippen LogP contribution in [0.25, 0.3) is 6.08 Å². The summed E-state index contributed by atoms with van der Waals surface area (Å²) in [6.45, 7) is 2.39. The molecule has 0 unspecified atom stereocenters. The van der Waals surface area contributed by atoms with Crippen LogP contribution >= 0.6 is 0 Å². The molecular formula is C24H22O3. The van der Waals surface area contributed by atoms with Gasteiger partial charge in [0.05, 0.1) is 7.11 Å². The van der Waals surface area contributed by atoms with E-state index >= 15 is 0 Å². The summed E-state index contributed by atoms with van der Waals surface area (Å²) in [6, 6.07) is 23.0. The highest BCUT2D eigenvalue weighted by Crippen LogP contribution is 2.23. The Bertz CT molecular complexity index is 926. The Hall–Kier alpha value is -3.33. The van der Waals surface area contributed by atoms with E-state index in [1.165, 1.54) is 0 Å². The number of hydrogen-bond acceptors (Lipinski definition) is 3. The third kappa shape index (κ3) is 5.08. The molecule has 3 aromatic rings. The van der Waals surface area contributed by atoms with Crippen molar-refractivity contribution < 1.29 is 14.3 Å². The molecule has 27 heavy (non-hydrogen) atoms. The fourth-order valence-electron chi connectivity index (χ4n) is 2.68. The lowest BCUT2D eigenvalue weighted by atomic mass is 10.1. The van der Waals surface area contributed by atoms with Crippen molar-refractivity contribution >= 4 is 11.9 Å². The highest BCUT2D eigenvalue weighted by Gasteiger charge is 2.06. The minimum Gasteiger partial charge on any atom is -0.496 e. The number of carbonyl (C=O) groups excluding carboxylic acids is 1. The monoisotopic (exact) mass is 358 g/mol. The maximum Gasteiger partial charge on any atom is 0.185 e. The van der Waals surface area contributed by atoms with Gasteiger partial charge >= 0.3 is 0 Å². The fourth-order valence-corrected chi connectivity index (χ4v) is 2.68. The van der Waals surface area contributed by atoms with Crippen LogP contribution in [0, 0.1) is 6.92 Å². The molecule has 0 bridgehead atoms. The van der Waals surface area contributed by atoms with Gasteiger partial charge in [-0.15, -0.1) is 0 Å². The second-order valence-electron chi connectivity index (χ2n) is 6.24. The maximum atomic E-state index is 12.3. The molecule has 3 rings (SSSR count). The molecule has 0 heterocycles. The third-order valence-corrected chi connectivity index (χ3v) is 4.21. The Labute approximate surface area is 159 Å². The predicted molar refractivity (Wildman–Crippen MR) is 108 cm³/mol. The van der Waals surface area contributed by atoms with Crippen molar-refractivity contribution in [3.63, 3.8) is 0 Å². The number of methoxy groups -OCH3 is 1. The molecule has 0 aromatic heterocycles. The Morgan fingerprint density at radius 1 is 0.963 bits per heavy atom. The van der Waals surface area contributed by atoms with Gasteiger partial charge < -0.3 is 9.47 Å². The van der Waals surface area contributed by atoms with Gasteiger partial charge in [0.2, 0.25) is 0 Å². The van der Waals surface area contributed by atoms with Crippen molar-refractivity contribution in [1.82, 2.24) is 0 Å². The van der Waals surface area contributed by atoms with E-state index in [2.05, 4.69) is 0 Å². The zero-order chi connectivity index (χ0) is 19.1. The highest BCUT2D eigenvalue weighted by atomic mass is 16.5. The smallest absolute Gasteiger partial charge is 0.185 e. The second kappa shape index (κ2) is 8.86. The summed E-state index contributed by atoms with van der Waals surface area (Å²) in [5.74, 6) is 1.54. The highest BCUT2D eigenvalue weighted by molar-refractivity contribution is 6.06. The Kier molecular flexibility index (Phi) is 6.06. The molecule has 3 nitrogen and oxygen atoms in total. The molecule has 0 aliphatic carbocycles. The standard InChI is InChI=1S/C24H22O3/c1-18-8-12-20(13-9-18)23(25)14-10-19-11-15-24(26-2)21(16-19)17-27-22-6-4-3-5-7-22/h3-16H,17H2,1-2H3/b14-10+. The van der Waals surface area contributed by atoms with Crippen LogP contribution in [-0.4, -0.2) is 12.9 Å². The molecule has 3 aromatic carbocycles. The Balaban J connectivity index is 1.73. The molecule has 0 aliphatic rings. The number of benzene rings is 3. The van der Waals surface area contributed by atoms with Crippen LogP contribution in [0.5, 0.6) is 11.5 Å². The van der Waals surface area contributed by atoms with Crippen molar-refractivity contribution in [2.24, 2.45) is 0 Å². The van der Waals surface area contributed by atoms with Crippen LogP contribution < -0.4 is 9.47 Å². The number of hydrogen-bond donors (Lipinski definition) is 0. The quantitative estimate of drug-likeness (QED) is 0.414. The molecule has 0 spiro atoms. The first-order valence-electron chi connectivity index (χ1n) is 8.79. The number of rotatable bonds is 7. The molecule has 0 aliphatic heterocycles. The van der Waals surface area contributed by atoms with E-state index in [4.69, 9.17) is 9.47 Å². The summed E-state index contributed by atoms with van der Waals surface area (Å²) >= 11 is 0. The molecule has 0 N–H and O–H groups in total. The van der Waals surface area contributed by atoms with E-state index in [9.17, 15) is 4.79 Å². The summed E-state index contributed by atoms with van der Waals surface area (Å²) in [4.78, 5) is 12.3. The number of carbonyl (C=O) groups is 1. The van der Waals surface area contributed by atoms with Gasteiger partial charge in [0.1, 0.15) is 18.1 Å². The van der Waals surface area contributed by atoms with Crippen LogP contribution in [0.4, 0.5) is 0 Å². The zero-order valence-electron chi connectivity index (χ0n) is 15.5. The summed E-state index contributed by atoms with van der Waals surface area (Å²) < 4.78 is 11.2. The Morgan fingerprint density at radius 2 is 1.70 bits per heavy atom. The summed E-state index contributed by atoms with van der Waals surface area (Å²) in [5, 5.41) is 0. The first-order valence-corrected chi connectivity index (χ1v) is 8.79. The molecule has 0 saturated carbocycles. The third-order valence-electron chi connectivity index (χ3n) is 4.21. The fraction of sp³-hybridized carbons (Fsp3) is 0.125. The van der Waals surface area contributed by atoms with Crippen molar-refractivity contribution in [3.8, 4) is 11.5 Å². The van der Waals surface area contributed by atoms with Gasteiger partial charge in [0.25, 0.3) is 0 Å². The molecule has 0 fully saturated rings. The SMILES string of the molecule is COc1ccc(/C=C/C(=O)c2ccc(C)cc2)cc1COc1ccccc1. The van der Waals surface area contributed by atoms with Crippen molar-refractivity contribution in [2.75, 3.05) is 7.11 Å². The number of aryl methyl sites for hydroxylation is 1. The Morgan fingerprint density at radius 3 is 2.41 bits per heavy atom. The minimum absolute atomic E-state index is 0.0205. The summed E-state index contributed by atoms with van der Waals surface area (Å²) in [5.41, 5.74) is 3.65. The van der Waals surface area contributed by atoms with Gasteiger partial charge in [-0.3, -0.25) is 4.79 Å². The van der Waals surface area contributed by atoms with Crippen molar-refractivity contribution in [1.29, 1.82) is 0 Å². The number of ether oxygens (including phenoxy) is 2. The van der Waals surface area contributed by atoms with E-state index in [0.29, 0.717) is 12.2 Å². The van der Waals surface area contributed by atoms with Gasteiger partial charge in [0, 0.05) is 11.1 Å². The summed E-state index contributed by atoms with van der Waals surface area (Å²) in [6.07, 6.45) is 3.40. The second-order valence-corrected chi connectivity index (χ2v) is 6.24. The first kappa shape index (κ1) is 18.5. The van der Waals surface area contributed by atoms with Crippen molar-refractivity contribution in [2.45, 2.75) is 13.5 Å². The maximum absolute atomic E-state index is 12.3. The lowest BCUT2D eigenvalue weighted by molar-refractivity contribution is 0.104. The number of allylic oxidation sites excluding steroid dienone is 1. The van der Waals surface area contributed by atoms with E-state index in [0.717, 1.165) is 28.2 Å². The largest absolute Gasteiger partial charge is 0.496 e. The molecule has 3 heteroatoms. The first-order chi connectivity index (χ1) is 13.2. The van der Waals surface area contributed by atoms with Crippen LogP contribution in [0.15, 0.2) is 78.9 Å². The van der Waals surface area contributed by atoms with Gasteiger partial charge in [-0.1, -0.05) is 60.2 Å². The van der Waals surface area contributed by atoms with Crippen LogP contribution in [0.3, 0.4) is 0 Å². The molecule has 0 atom stereocenters. The van der Waals surface area contributed by atoms with Gasteiger partial charge in [-0.05, 0) is 42.8 Å². The molecule has 0 saturated heterocycles. The normalized spacial score (nSPS) is 10.7.